The maximum absolute atomic E-state index is 12.6. The van der Waals surface area contributed by atoms with E-state index in [1.165, 1.54) is 0 Å². The van der Waals surface area contributed by atoms with Gasteiger partial charge in [-0.1, -0.05) is 26.7 Å². The Bertz CT molecular complexity index is 499. The average molecular weight is 360 g/mol. The van der Waals surface area contributed by atoms with Gasteiger partial charge in [0.25, 0.3) is 0 Å². The molecule has 2 rings (SSSR count). The average Bonchev–Trinajstić information content (AvgIpc) is 3.12. The number of amides is 1. The minimum Gasteiger partial charge on any atom is -0.354 e. The molecule has 2 heterocycles. The van der Waals surface area contributed by atoms with Crippen LogP contribution < -0.4 is 10.6 Å². The summed E-state index contributed by atoms with van der Waals surface area (Å²) in [5.74, 6) is 0.777. The van der Waals surface area contributed by atoms with Crippen LogP contribution in [0.15, 0.2) is 0 Å². The molecule has 0 saturated carbocycles. The number of rotatable bonds is 8. The zero-order chi connectivity index (χ0) is 17.6. The van der Waals surface area contributed by atoms with Crippen molar-refractivity contribution in [3.8, 4) is 0 Å². The van der Waals surface area contributed by atoms with Gasteiger partial charge >= 0.3 is 0 Å². The molecule has 0 aromatic carbocycles. The van der Waals surface area contributed by atoms with Crippen LogP contribution in [0, 0.1) is 11.8 Å². The molecule has 2 aliphatic rings. The first kappa shape index (κ1) is 19.7. The molecule has 2 aliphatic heterocycles. The molecule has 2 saturated heterocycles. The van der Waals surface area contributed by atoms with E-state index in [2.05, 4.69) is 24.5 Å². The topological polar surface area (TPSA) is 78.5 Å². The van der Waals surface area contributed by atoms with Crippen LogP contribution in [0.1, 0.15) is 52.4 Å². The van der Waals surface area contributed by atoms with Crippen molar-refractivity contribution in [1.82, 2.24) is 14.9 Å². The number of hydrogen-bond acceptors (Lipinski definition) is 4. The fraction of sp³-hybridized carbons (Fsp3) is 0.941. The van der Waals surface area contributed by atoms with Crippen LogP contribution in [0.2, 0.25) is 0 Å². The molecule has 2 fully saturated rings. The highest BCUT2D eigenvalue weighted by Gasteiger charge is 2.31. The van der Waals surface area contributed by atoms with Gasteiger partial charge in [-0.25, -0.2) is 12.7 Å². The zero-order valence-corrected chi connectivity index (χ0v) is 15.9. The van der Waals surface area contributed by atoms with Gasteiger partial charge in [0.05, 0.1) is 11.8 Å². The lowest BCUT2D eigenvalue weighted by Gasteiger charge is -2.33. The Labute approximate surface area is 146 Å². The lowest BCUT2D eigenvalue weighted by atomic mass is 9.99. The first-order valence-electron chi connectivity index (χ1n) is 9.45. The van der Waals surface area contributed by atoms with Crippen molar-refractivity contribution in [1.29, 1.82) is 0 Å². The monoisotopic (exact) mass is 359 g/mol. The molecule has 7 heteroatoms. The Balaban J connectivity index is 1.83. The van der Waals surface area contributed by atoms with E-state index in [-0.39, 0.29) is 29.5 Å². The minimum absolute atomic E-state index is 0.0597. The Morgan fingerprint density at radius 2 is 2.00 bits per heavy atom. The lowest BCUT2D eigenvalue weighted by Crippen LogP contribution is -2.47. The summed E-state index contributed by atoms with van der Waals surface area (Å²) < 4.78 is 26.9. The van der Waals surface area contributed by atoms with Gasteiger partial charge in [0, 0.05) is 19.6 Å². The number of nitrogens with zero attached hydrogens (tertiary/aromatic N) is 1. The predicted molar refractivity (Wildman–Crippen MR) is 96.2 cm³/mol. The number of sulfonamides is 1. The van der Waals surface area contributed by atoms with Crippen molar-refractivity contribution in [2.24, 2.45) is 11.8 Å². The minimum atomic E-state index is -3.19. The fourth-order valence-corrected chi connectivity index (χ4v) is 5.77. The van der Waals surface area contributed by atoms with Crippen molar-refractivity contribution in [2.75, 3.05) is 31.9 Å². The first-order chi connectivity index (χ1) is 11.5. The molecule has 2 unspecified atom stereocenters. The number of hydrogen-bond donors (Lipinski definition) is 2. The molecule has 2 atom stereocenters. The Hall–Kier alpha value is -0.660. The molecule has 0 spiro atoms. The van der Waals surface area contributed by atoms with Crippen molar-refractivity contribution < 1.29 is 13.2 Å². The van der Waals surface area contributed by atoms with Crippen LogP contribution in [-0.4, -0.2) is 56.6 Å². The number of nitrogens with one attached hydrogen (secondary N) is 2. The number of carbonyl (C=O) groups excluding carboxylic acids is 1. The van der Waals surface area contributed by atoms with E-state index in [4.69, 9.17) is 0 Å². The summed E-state index contributed by atoms with van der Waals surface area (Å²) >= 11 is 0. The molecule has 0 radical (unpaired) electrons. The first-order valence-corrected chi connectivity index (χ1v) is 11.1. The van der Waals surface area contributed by atoms with Gasteiger partial charge in [0.15, 0.2) is 0 Å². The second-order valence-electron chi connectivity index (χ2n) is 7.22. The van der Waals surface area contributed by atoms with Crippen LogP contribution in [-0.2, 0) is 14.8 Å². The van der Waals surface area contributed by atoms with E-state index in [1.54, 1.807) is 4.31 Å². The van der Waals surface area contributed by atoms with Crippen molar-refractivity contribution >= 4 is 15.9 Å². The maximum atomic E-state index is 12.6. The van der Waals surface area contributed by atoms with E-state index >= 15 is 0 Å². The molecule has 140 valence electrons. The van der Waals surface area contributed by atoms with Crippen molar-refractivity contribution in [2.45, 2.75) is 58.4 Å². The Morgan fingerprint density at radius 1 is 1.25 bits per heavy atom. The van der Waals surface area contributed by atoms with Crippen molar-refractivity contribution in [3.05, 3.63) is 0 Å². The molecule has 0 aromatic heterocycles. The highest BCUT2D eigenvalue weighted by atomic mass is 32.2. The van der Waals surface area contributed by atoms with Crippen LogP contribution in [0.3, 0.4) is 0 Å². The predicted octanol–water partition coefficient (Wildman–Crippen LogP) is 1.33. The summed E-state index contributed by atoms with van der Waals surface area (Å²) in [4.78, 5) is 12.1. The van der Waals surface area contributed by atoms with Gasteiger partial charge in [-0.05, 0) is 44.1 Å². The summed E-state index contributed by atoms with van der Waals surface area (Å²) in [5, 5.41) is 6.20. The maximum Gasteiger partial charge on any atom is 0.237 e. The Kier molecular flexibility index (Phi) is 7.50. The molecule has 2 N–H and O–H groups in total. The number of carbonyl (C=O) groups is 1. The molecule has 0 aromatic rings. The van der Waals surface area contributed by atoms with E-state index in [0.717, 1.165) is 45.1 Å². The second-order valence-corrected chi connectivity index (χ2v) is 9.23. The largest absolute Gasteiger partial charge is 0.354 e. The van der Waals surface area contributed by atoms with E-state index in [0.29, 0.717) is 19.6 Å². The molecular weight excluding hydrogens is 326 g/mol. The van der Waals surface area contributed by atoms with E-state index in [1.807, 2.05) is 0 Å². The summed E-state index contributed by atoms with van der Waals surface area (Å²) in [5.41, 5.74) is 0. The quantitative estimate of drug-likeness (QED) is 0.685. The third-order valence-electron chi connectivity index (χ3n) is 5.42. The van der Waals surface area contributed by atoms with Gasteiger partial charge in [0.2, 0.25) is 15.9 Å². The van der Waals surface area contributed by atoms with Gasteiger partial charge in [-0.3, -0.25) is 4.79 Å². The molecule has 0 aliphatic carbocycles. The summed E-state index contributed by atoms with van der Waals surface area (Å²) in [6.45, 7) is 6.75. The molecular formula is C17H33N3O3S. The van der Waals surface area contributed by atoms with Gasteiger partial charge in [-0.2, -0.15) is 0 Å². The van der Waals surface area contributed by atoms with Crippen LogP contribution in [0.5, 0.6) is 0 Å². The van der Waals surface area contributed by atoms with Gasteiger partial charge in [0.1, 0.15) is 0 Å². The fourth-order valence-electron chi connectivity index (χ4n) is 3.65. The van der Waals surface area contributed by atoms with Crippen LogP contribution in [0.25, 0.3) is 0 Å². The SMILES string of the molecule is CCC(CC)CS(=O)(=O)N1CCCC(CNC(=O)C2CCCN2)C1. The summed E-state index contributed by atoms with van der Waals surface area (Å²) in [6, 6.07) is -0.0664. The third-order valence-corrected chi connectivity index (χ3v) is 7.43. The highest BCUT2D eigenvalue weighted by Crippen LogP contribution is 2.22. The standard InChI is InChI=1S/C17H33N3O3S/c1-3-14(4-2)13-24(22,23)20-10-6-7-15(12-20)11-19-17(21)16-8-5-9-18-16/h14-16,18H,3-13H2,1-2H3,(H,19,21). The van der Waals surface area contributed by atoms with Crippen LogP contribution in [0.4, 0.5) is 0 Å². The smallest absolute Gasteiger partial charge is 0.237 e. The number of piperidine rings is 1. The molecule has 0 bridgehead atoms. The summed E-state index contributed by atoms with van der Waals surface area (Å²) in [7, 11) is -3.19. The van der Waals surface area contributed by atoms with Gasteiger partial charge < -0.3 is 10.6 Å². The zero-order valence-electron chi connectivity index (χ0n) is 15.1. The van der Waals surface area contributed by atoms with E-state index in [9.17, 15) is 13.2 Å². The second kappa shape index (κ2) is 9.15. The van der Waals surface area contributed by atoms with E-state index < -0.39 is 10.0 Å². The normalized spacial score (nSPS) is 26.0. The van der Waals surface area contributed by atoms with Gasteiger partial charge in [-0.15, -0.1) is 0 Å². The third kappa shape index (κ3) is 5.43. The molecule has 1 amide bonds. The summed E-state index contributed by atoms with van der Waals surface area (Å²) in [6.07, 6.45) is 5.60. The lowest BCUT2D eigenvalue weighted by molar-refractivity contribution is -0.123. The van der Waals surface area contributed by atoms with Crippen LogP contribution >= 0.6 is 0 Å². The van der Waals surface area contributed by atoms with Crippen molar-refractivity contribution in [3.63, 3.8) is 0 Å². The molecule has 24 heavy (non-hydrogen) atoms. The Morgan fingerprint density at radius 3 is 2.62 bits per heavy atom. The highest BCUT2D eigenvalue weighted by molar-refractivity contribution is 7.89. The molecule has 6 nitrogen and oxygen atoms in total.